The van der Waals surface area contributed by atoms with Crippen molar-refractivity contribution in [1.29, 1.82) is 0 Å². The first-order chi connectivity index (χ1) is 13.5. The summed E-state index contributed by atoms with van der Waals surface area (Å²) in [6, 6.07) is 16.2. The molecule has 1 atom stereocenters. The van der Waals surface area contributed by atoms with Gasteiger partial charge in [-0.15, -0.1) is 0 Å². The van der Waals surface area contributed by atoms with E-state index in [-0.39, 0.29) is 35.4 Å². The number of hydrogen-bond donors (Lipinski definition) is 1. The van der Waals surface area contributed by atoms with E-state index in [4.69, 9.17) is 4.42 Å². The van der Waals surface area contributed by atoms with Gasteiger partial charge in [0.1, 0.15) is 11.3 Å². The highest BCUT2D eigenvalue weighted by Gasteiger charge is 2.29. The summed E-state index contributed by atoms with van der Waals surface area (Å²) >= 11 is 0.999. The number of nitrogens with zero attached hydrogens (tertiary/aromatic N) is 1. The maximum atomic E-state index is 12.7. The van der Waals surface area contributed by atoms with Gasteiger partial charge in [-0.3, -0.25) is 19.3 Å². The molecule has 0 aliphatic carbocycles. The first-order valence-electron chi connectivity index (χ1n) is 8.86. The number of carbonyl (C=O) groups is 3. The van der Waals surface area contributed by atoms with Gasteiger partial charge < -0.3 is 9.73 Å². The second-order valence-electron chi connectivity index (χ2n) is 6.62. The Morgan fingerprint density at radius 1 is 1.18 bits per heavy atom. The van der Waals surface area contributed by atoms with Gasteiger partial charge in [0, 0.05) is 10.9 Å². The van der Waals surface area contributed by atoms with E-state index in [9.17, 15) is 14.4 Å². The van der Waals surface area contributed by atoms with Crippen LogP contribution in [0.15, 0.2) is 59.0 Å². The Morgan fingerprint density at radius 2 is 2.00 bits per heavy atom. The number of imide groups is 1. The number of furan rings is 1. The average molecular weight is 394 g/mol. The van der Waals surface area contributed by atoms with Crippen molar-refractivity contribution in [2.24, 2.45) is 0 Å². The van der Waals surface area contributed by atoms with E-state index in [2.05, 4.69) is 5.32 Å². The summed E-state index contributed by atoms with van der Waals surface area (Å²) in [5.41, 5.74) is 1.97. The summed E-state index contributed by atoms with van der Waals surface area (Å²) in [4.78, 5) is 37.4. The molecule has 142 valence electrons. The topological polar surface area (TPSA) is 79.6 Å². The van der Waals surface area contributed by atoms with Gasteiger partial charge in [0.2, 0.25) is 5.91 Å². The molecule has 3 amide bonds. The van der Waals surface area contributed by atoms with E-state index in [1.54, 1.807) is 24.3 Å². The maximum absolute atomic E-state index is 12.7. The zero-order valence-corrected chi connectivity index (χ0v) is 16.0. The lowest BCUT2D eigenvalue weighted by atomic mass is 10.1. The molecule has 1 saturated heterocycles. The van der Waals surface area contributed by atoms with Crippen molar-refractivity contribution in [2.75, 3.05) is 5.75 Å². The summed E-state index contributed by atoms with van der Waals surface area (Å²) in [5.74, 6) is 0.399. The molecule has 28 heavy (non-hydrogen) atoms. The molecule has 0 radical (unpaired) electrons. The van der Waals surface area contributed by atoms with Crippen LogP contribution in [0.3, 0.4) is 0 Å². The van der Waals surface area contributed by atoms with Gasteiger partial charge >= 0.3 is 0 Å². The number of carbonyl (C=O) groups excluding carboxylic acids is 3. The zero-order valence-electron chi connectivity index (χ0n) is 15.2. The normalized spacial score (nSPS) is 15.2. The lowest BCUT2D eigenvalue weighted by Crippen LogP contribution is -2.28. The van der Waals surface area contributed by atoms with Crippen molar-refractivity contribution in [3.63, 3.8) is 0 Å². The van der Waals surface area contributed by atoms with E-state index < -0.39 is 0 Å². The molecule has 2 heterocycles. The molecule has 6 nitrogen and oxygen atoms in total. The monoisotopic (exact) mass is 394 g/mol. The Balaban J connectivity index is 1.47. The van der Waals surface area contributed by atoms with Gasteiger partial charge in [-0.2, -0.15) is 0 Å². The SMILES string of the molecule is CC(NC(=O)c1cccc(CN2C(=O)CSC2=O)c1)c1cc2ccccc2o1. The molecular weight excluding hydrogens is 376 g/mol. The third-order valence-electron chi connectivity index (χ3n) is 4.59. The minimum Gasteiger partial charge on any atom is -0.459 e. The predicted octanol–water partition coefficient (Wildman–Crippen LogP) is 4.12. The van der Waals surface area contributed by atoms with E-state index >= 15 is 0 Å². The van der Waals surface area contributed by atoms with Crippen LogP contribution in [0.25, 0.3) is 11.0 Å². The summed E-state index contributed by atoms with van der Waals surface area (Å²) in [5, 5.41) is 3.66. The minimum absolute atomic E-state index is 0.172. The fourth-order valence-electron chi connectivity index (χ4n) is 3.09. The molecule has 1 aliphatic heterocycles. The predicted molar refractivity (Wildman–Crippen MR) is 107 cm³/mol. The second-order valence-corrected chi connectivity index (χ2v) is 7.54. The number of benzene rings is 2. The molecule has 1 aromatic heterocycles. The first kappa shape index (κ1) is 18.3. The van der Waals surface area contributed by atoms with E-state index in [0.717, 1.165) is 28.3 Å². The van der Waals surface area contributed by atoms with Crippen LogP contribution in [0, 0.1) is 0 Å². The fourth-order valence-corrected chi connectivity index (χ4v) is 3.82. The summed E-state index contributed by atoms with van der Waals surface area (Å²) < 4.78 is 5.80. The number of hydrogen-bond acceptors (Lipinski definition) is 5. The molecule has 1 aliphatic rings. The molecule has 0 bridgehead atoms. The van der Waals surface area contributed by atoms with Crippen LogP contribution in [-0.2, 0) is 11.3 Å². The smallest absolute Gasteiger partial charge is 0.289 e. The fraction of sp³-hybridized carbons (Fsp3) is 0.190. The van der Waals surface area contributed by atoms with Crippen molar-refractivity contribution in [3.05, 3.63) is 71.5 Å². The highest BCUT2D eigenvalue weighted by atomic mass is 32.2. The standard InChI is InChI=1S/C21H18N2O4S/c1-13(18-10-15-6-2-3-8-17(15)27-18)22-20(25)16-7-4-5-14(9-16)11-23-19(24)12-28-21(23)26/h2-10,13H,11-12H2,1H3,(H,22,25). The van der Waals surface area contributed by atoms with Crippen LogP contribution >= 0.6 is 11.8 Å². The van der Waals surface area contributed by atoms with Crippen molar-refractivity contribution in [3.8, 4) is 0 Å². The number of para-hydroxylation sites is 1. The lowest BCUT2D eigenvalue weighted by Gasteiger charge is -2.14. The van der Waals surface area contributed by atoms with Crippen LogP contribution in [0.5, 0.6) is 0 Å². The van der Waals surface area contributed by atoms with Crippen LogP contribution in [0.4, 0.5) is 4.79 Å². The first-order valence-corrected chi connectivity index (χ1v) is 9.85. The molecule has 1 N–H and O–H groups in total. The van der Waals surface area contributed by atoms with Crippen molar-refractivity contribution in [2.45, 2.75) is 19.5 Å². The van der Waals surface area contributed by atoms with Crippen molar-refractivity contribution < 1.29 is 18.8 Å². The molecule has 3 aromatic rings. The van der Waals surface area contributed by atoms with E-state index in [0.29, 0.717) is 11.3 Å². The van der Waals surface area contributed by atoms with Crippen molar-refractivity contribution >= 4 is 39.8 Å². The highest BCUT2D eigenvalue weighted by molar-refractivity contribution is 8.14. The number of amides is 3. The Labute approximate surface area is 165 Å². The largest absolute Gasteiger partial charge is 0.459 e. The van der Waals surface area contributed by atoms with E-state index in [1.165, 1.54) is 4.90 Å². The molecular formula is C21H18N2O4S. The van der Waals surface area contributed by atoms with Gasteiger partial charge in [-0.05, 0) is 36.8 Å². The third-order valence-corrected chi connectivity index (χ3v) is 5.45. The Morgan fingerprint density at radius 3 is 2.75 bits per heavy atom. The van der Waals surface area contributed by atoms with Crippen LogP contribution < -0.4 is 5.32 Å². The molecule has 1 fully saturated rings. The molecule has 0 saturated carbocycles. The zero-order chi connectivity index (χ0) is 19.7. The minimum atomic E-state index is -0.304. The Hall–Kier alpha value is -3.06. The van der Waals surface area contributed by atoms with Crippen LogP contribution in [0.2, 0.25) is 0 Å². The van der Waals surface area contributed by atoms with Gasteiger partial charge in [0.15, 0.2) is 0 Å². The second kappa shape index (κ2) is 7.52. The van der Waals surface area contributed by atoms with Crippen LogP contribution in [0.1, 0.15) is 34.6 Å². The Kier molecular flexibility index (Phi) is 4.92. The number of fused-ring (bicyclic) bond motifs is 1. The molecule has 1 unspecified atom stereocenters. The third kappa shape index (κ3) is 3.66. The highest BCUT2D eigenvalue weighted by Crippen LogP contribution is 2.24. The maximum Gasteiger partial charge on any atom is 0.289 e. The molecule has 4 rings (SSSR count). The number of thioether (sulfide) groups is 1. The van der Waals surface area contributed by atoms with E-state index in [1.807, 2.05) is 37.3 Å². The Bertz CT molecular complexity index is 1030. The molecule has 2 aromatic carbocycles. The van der Waals surface area contributed by atoms with Gasteiger partial charge in [-0.25, -0.2) is 0 Å². The molecule has 0 spiro atoms. The van der Waals surface area contributed by atoms with Crippen molar-refractivity contribution in [1.82, 2.24) is 10.2 Å². The lowest BCUT2D eigenvalue weighted by molar-refractivity contribution is -0.125. The quantitative estimate of drug-likeness (QED) is 0.704. The molecule has 7 heteroatoms. The van der Waals surface area contributed by atoms with Crippen LogP contribution in [-0.4, -0.2) is 27.7 Å². The average Bonchev–Trinajstić information content (AvgIpc) is 3.27. The summed E-state index contributed by atoms with van der Waals surface area (Å²) in [6.45, 7) is 2.03. The summed E-state index contributed by atoms with van der Waals surface area (Å²) in [6.07, 6.45) is 0. The van der Waals surface area contributed by atoms with Gasteiger partial charge in [-0.1, -0.05) is 42.1 Å². The summed E-state index contributed by atoms with van der Waals surface area (Å²) in [7, 11) is 0. The van der Waals surface area contributed by atoms with Gasteiger partial charge in [0.25, 0.3) is 11.1 Å². The number of rotatable bonds is 5. The number of nitrogens with one attached hydrogen (secondary N) is 1. The van der Waals surface area contributed by atoms with Gasteiger partial charge in [0.05, 0.1) is 18.3 Å².